The summed E-state index contributed by atoms with van der Waals surface area (Å²) >= 11 is 9.99. The van der Waals surface area contributed by atoms with Crippen LogP contribution in [0.25, 0.3) is 0 Å². The van der Waals surface area contributed by atoms with E-state index in [2.05, 4.69) is 47.1 Å². The molecule has 100 valence electrons. The Hall–Kier alpha value is -0.990. The van der Waals surface area contributed by atoms with Crippen molar-refractivity contribution in [3.63, 3.8) is 0 Å². The van der Waals surface area contributed by atoms with Gasteiger partial charge < -0.3 is 4.74 Å². The summed E-state index contributed by atoms with van der Waals surface area (Å²) in [5, 5.41) is -0.0380. The molecule has 0 aliphatic rings. The average molecular weight is 340 g/mol. The van der Waals surface area contributed by atoms with E-state index in [1.807, 2.05) is 18.2 Å². The molecule has 0 spiro atoms. The maximum Gasteiger partial charge on any atom is 0.133 e. The van der Waals surface area contributed by atoms with Crippen molar-refractivity contribution in [1.82, 2.24) is 0 Å². The smallest absolute Gasteiger partial charge is 0.133 e. The second-order valence-electron chi connectivity index (χ2n) is 4.55. The lowest BCUT2D eigenvalue weighted by molar-refractivity contribution is 0.412. The molecule has 1 nitrogen and oxygen atoms in total. The van der Waals surface area contributed by atoms with Gasteiger partial charge in [0, 0.05) is 0 Å². The molecule has 2 aromatic rings. The molecule has 1 unspecified atom stereocenters. The normalized spacial score (nSPS) is 12.2. The molecule has 0 N–H and O–H groups in total. The van der Waals surface area contributed by atoms with Gasteiger partial charge in [0.05, 0.1) is 17.0 Å². The fourth-order valence-electron chi connectivity index (χ4n) is 2.04. The van der Waals surface area contributed by atoms with E-state index in [1.165, 1.54) is 11.1 Å². The van der Waals surface area contributed by atoms with E-state index in [1.54, 1.807) is 7.11 Å². The molecule has 3 heteroatoms. The minimum atomic E-state index is -0.0380. The topological polar surface area (TPSA) is 9.23 Å². The summed E-state index contributed by atoms with van der Waals surface area (Å²) in [7, 11) is 1.66. The highest BCUT2D eigenvalue weighted by Crippen LogP contribution is 2.32. The summed E-state index contributed by atoms with van der Waals surface area (Å²) in [4.78, 5) is 0. The maximum atomic E-state index is 6.50. The standard InChI is InChI=1S/C16H16BrClO/c1-11-4-3-5-12(8-11)9-15(18)13-6-7-16(19-2)14(17)10-13/h3-8,10,15H,9H2,1-2H3. The van der Waals surface area contributed by atoms with Crippen molar-refractivity contribution in [3.05, 3.63) is 63.6 Å². The van der Waals surface area contributed by atoms with Gasteiger partial charge in [-0.3, -0.25) is 0 Å². The van der Waals surface area contributed by atoms with E-state index in [0.29, 0.717) is 0 Å². The zero-order valence-corrected chi connectivity index (χ0v) is 13.3. The number of hydrogen-bond donors (Lipinski definition) is 0. The van der Waals surface area contributed by atoms with Crippen LogP contribution in [0.5, 0.6) is 5.75 Å². The van der Waals surface area contributed by atoms with E-state index in [-0.39, 0.29) is 5.38 Å². The Morgan fingerprint density at radius 1 is 1.21 bits per heavy atom. The van der Waals surface area contributed by atoms with Crippen molar-refractivity contribution in [3.8, 4) is 5.75 Å². The molecule has 0 heterocycles. The van der Waals surface area contributed by atoms with E-state index in [4.69, 9.17) is 16.3 Å². The number of halogens is 2. The van der Waals surface area contributed by atoms with Gasteiger partial charge in [-0.1, -0.05) is 35.9 Å². The number of aryl methyl sites for hydroxylation is 1. The third-order valence-corrected chi connectivity index (χ3v) is 4.06. The van der Waals surface area contributed by atoms with Crippen LogP contribution in [-0.4, -0.2) is 7.11 Å². The number of benzene rings is 2. The Morgan fingerprint density at radius 3 is 2.63 bits per heavy atom. The molecular weight excluding hydrogens is 324 g/mol. The van der Waals surface area contributed by atoms with Crippen LogP contribution in [0, 0.1) is 6.92 Å². The minimum Gasteiger partial charge on any atom is -0.496 e. The van der Waals surface area contributed by atoms with Crippen LogP contribution >= 0.6 is 27.5 Å². The predicted molar refractivity (Wildman–Crippen MR) is 84.2 cm³/mol. The molecular formula is C16H16BrClO. The Kier molecular flexibility index (Phi) is 4.89. The third kappa shape index (κ3) is 3.74. The Morgan fingerprint density at radius 2 is 2.00 bits per heavy atom. The highest BCUT2D eigenvalue weighted by molar-refractivity contribution is 9.10. The van der Waals surface area contributed by atoms with E-state index < -0.39 is 0 Å². The maximum absolute atomic E-state index is 6.50. The zero-order valence-electron chi connectivity index (χ0n) is 11.0. The second-order valence-corrected chi connectivity index (χ2v) is 5.94. The average Bonchev–Trinajstić information content (AvgIpc) is 2.38. The number of alkyl halides is 1. The predicted octanol–water partition coefficient (Wildman–Crippen LogP) is 5.29. The van der Waals surface area contributed by atoms with Gasteiger partial charge in [0.1, 0.15) is 5.75 Å². The summed E-state index contributed by atoms with van der Waals surface area (Å²) in [5.41, 5.74) is 3.61. The first-order valence-corrected chi connectivity index (χ1v) is 7.36. The van der Waals surface area contributed by atoms with Crippen LogP contribution < -0.4 is 4.74 Å². The Balaban J connectivity index is 2.15. The van der Waals surface area contributed by atoms with Crippen LogP contribution in [0.2, 0.25) is 0 Å². The summed E-state index contributed by atoms with van der Waals surface area (Å²) in [6, 6.07) is 14.4. The van der Waals surface area contributed by atoms with Crippen molar-refractivity contribution in [2.45, 2.75) is 18.7 Å². The first-order chi connectivity index (χ1) is 9.10. The highest BCUT2D eigenvalue weighted by Gasteiger charge is 2.11. The van der Waals surface area contributed by atoms with Crippen molar-refractivity contribution in [1.29, 1.82) is 0 Å². The lowest BCUT2D eigenvalue weighted by atomic mass is 10.0. The molecule has 0 bridgehead atoms. The summed E-state index contributed by atoms with van der Waals surface area (Å²) in [6.07, 6.45) is 0.821. The fourth-order valence-corrected chi connectivity index (χ4v) is 2.91. The molecule has 0 fully saturated rings. The highest BCUT2D eigenvalue weighted by atomic mass is 79.9. The van der Waals surface area contributed by atoms with Crippen LogP contribution in [-0.2, 0) is 6.42 Å². The quantitative estimate of drug-likeness (QED) is 0.688. The van der Waals surface area contributed by atoms with Gasteiger partial charge in [-0.2, -0.15) is 0 Å². The molecule has 1 atom stereocenters. The van der Waals surface area contributed by atoms with E-state index in [0.717, 1.165) is 22.2 Å². The molecule has 2 aromatic carbocycles. The van der Waals surface area contributed by atoms with Crippen LogP contribution in [0.15, 0.2) is 46.9 Å². The van der Waals surface area contributed by atoms with Gasteiger partial charge in [0.2, 0.25) is 0 Å². The number of rotatable bonds is 4. The van der Waals surface area contributed by atoms with Gasteiger partial charge in [0.15, 0.2) is 0 Å². The minimum absolute atomic E-state index is 0.0380. The number of methoxy groups -OCH3 is 1. The largest absolute Gasteiger partial charge is 0.496 e. The number of ether oxygens (including phenoxy) is 1. The molecule has 0 radical (unpaired) electrons. The monoisotopic (exact) mass is 338 g/mol. The van der Waals surface area contributed by atoms with Crippen molar-refractivity contribution in [2.75, 3.05) is 7.11 Å². The molecule has 0 saturated heterocycles. The molecule has 2 rings (SSSR count). The second kappa shape index (κ2) is 6.44. The third-order valence-electron chi connectivity index (χ3n) is 3.03. The Labute approximate surface area is 127 Å². The van der Waals surface area contributed by atoms with E-state index in [9.17, 15) is 0 Å². The molecule has 0 aromatic heterocycles. The Bertz CT molecular complexity index is 568. The van der Waals surface area contributed by atoms with Gasteiger partial charge in [-0.25, -0.2) is 0 Å². The summed E-state index contributed by atoms with van der Waals surface area (Å²) in [5.74, 6) is 0.822. The molecule has 0 aliphatic carbocycles. The van der Waals surface area contributed by atoms with Crippen LogP contribution in [0.4, 0.5) is 0 Å². The lowest BCUT2D eigenvalue weighted by Gasteiger charge is -2.12. The van der Waals surface area contributed by atoms with E-state index >= 15 is 0 Å². The fraction of sp³-hybridized carbons (Fsp3) is 0.250. The van der Waals surface area contributed by atoms with Gasteiger partial charge >= 0.3 is 0 Å². The molecule has 19 heavy (non-hydrogen) atoms. The van der Waals surface area contributed by atoms with Crippen molar-refractivity contribution < 1.29 is 4.74 Å². The van der Waals surface area contributed by atoms with Crippen molar-refractivity contribution in [2.24, 2.45) is 0 Å². The molecule has 0 saturated carbocycles. The van der Waals surface area contributed by atoms with Crippen molar-refractivity contribution >= 4 is 27.5 Å². The molecule has 0 aliphatic heterocycles. The van der Waals surface area contributed by atoms with Gasteiger partial charge in [0.25, 0.3) is 0 Å². The lowest BCUT2D eigenvalue weighted by Crippen LogP contribution is -1.97. The summed E-state index contributed by atoms with van der Waals surface area (Å²) in [6.45, 7) is 2.09. The molecule has 0 amide bonds. The van der Waals surface area contributed by atoms with Gasteiger partial charge in [-0.05, 0) is 52.5 Å². The number of hydrogen-bond acceptors (Lipinski definition) is 1. The summed E-state index contributed by atoms with van der Waals surface area (Å²) < 4.78 is 6.16. The van der Waals surface area contributed by atoms with Crippen LogP contribution in [0.3, 0.4) is 0 Å². The SMILES string of the molecule is COc1ccc(C(Cl)Cc2cccc(C)c2)cc1Br. The van der Waals surface area contributed by atoms with Crippen LogP contribution in [0.1, 0.15) is 22.1 Å². The first kappa shape index (κ1) is 14.4. The zero-order chi connectivity index (χ0) is 13.8. The van der Waals surface area contributed by atoms with Gasteiger partial charge in [-0.15, -0.1) is 11.6 Å². The first-order valence-electron chi connectivity index (χ1n) is 6.13.